The second kappa shape index (κ2) is 7.98. The van der Waals surface area contributed by atoms with E-state index in [0.29, 0.717) is 48.0 Å². The number of ether oxygens (including phenoxy) is 3. The smallest absolute Gasteiger partial charge is 0.255 e. The maximum absolute atomic E-state index is 12.7. The SMILES string of the molecule is COc1cccc(Cn2nnc3cc(C(=O)Nc4ccc5c(c4)OCCO5)ccc32)c1. The molecule has 8 heteroatoms. The van der Waals surface area contributed by atoms with Gasteiger partial charge in [0.1, 0.15) is 24.5 Å². The Kier molecular flexibility index (Phi) is 4.87. The number of methoxy groups -OCH3 is 1. The van der Waals surface area contributed by atoms with Crippen LogP contribution in [-0.4, -0.2) is 41.2 Å². The van der Waals surface area contributed by atoms with Crippen molar-refractivity contribution < 1.29 is 19.0 Å². The van der Waals surface area contributed by atoms with Gasteiger partial charge in [-0.2, -0.15) is 0 Å². The lowest BCUT2D eigenvalue weighted by atomic mass is 10.1. The second-order valence-electron chi connectivity index (χ2n) is 7.11. The van der Waals surface area contributed by atoms with Crippen LogP contribution < -0.4 is 19.5 Å². The molecule has 1 aliphatic heterocycles. The van der Waals surface area contributed by atoms with Crippen molar-refractivity contribution in [1.82, 2.24) is 15.0 Å². The molecule has 1 N–H and O–H groups in total. The highest BCUT2D eigenvalue weighted by atomic mass is 16.6. The molecule has 8 nitrogen and oxygen atoms in total. The molecule has 1 aromatic heterocycles. The van der Waals surface area contributed by atoms with Crippen molar-refractivity contribution in [2.24, 2.45) is 0 Å². The van der Waals surface area contributed by atoms with Gasteiger partial charge in [-0.3, -0.25) is 4.79 Å². The fraction of sp³-hybridized carbons (Fsp3) is 0.174. The molecular formula is C23H20N4O4. The van der Waals surface area contributed by atoms with Gasteiger partial charge in [-0.15, -0.1) is 5.10 Å². The molecule has 5 rings (SSSR count). The molecule has 2 heterocycles. The molecule has 0 saturated heterocycles. The van der Waals surface area contributed by atoms with Gasteiger partial charge in [0.2, 0.25) is 0 Å². The average molecular weight is 416 g/mol. The number of fused-ring (bicyclic) bond motifs is 2. The van der Waals surface area contributed by atoms with Crippen LogP contribution in [0.15, 0.2) is 60.7 Å². The summed E-state index contributed by atoms with van der Waals surface area (Å²) in [5.74, 6) is 1.86. The minimum Gasteiger partial charge on any atom is -0.497 e. The number of hydrogen-bond donors (Lipinski definition) is 1. The maximum Gasteiger partial charge on any atom is 0.255 e. The van der Waals surface area contributed by atoms with Crippen molar-refractivity contribution in [2.75, 3.05) is 25.6 Å². The van der Waals surface area contributed by atoms with Crippen molar-refractivity contribution in [3.63, 3.8) is 0 Å². The molecule has 0 atom stereocenters. The Hall–Kier alpha value is -4.07. The number of nitrogens with zero attached hydrogens (tertiary/aromatic N) is 3. The molecule has 0 aliphatic carbocycles. The number of amides is 1. The quantitative estimate of drug-likeness (QED) is 0.536. The van der Waals surface area contributed by atoms with Gasteiger partial charge >= 0.3 is 0 Å². The van der Waals surface area contributed by atoms with E-state index in [4.69, 9.17) is 14.2 Å². The van der Waals surface area contributed by atoms with Crippen molar-refractivity contribution in [1.29, 1.82) is 0 Å². The molecule has 0 radical (unpaired) electrons. The molecule has 1 amide bonds. The minimum atomic E-state index is -0.235. The summed E-state index contributed by atoms with van der Waals surface area (Å²) >= 11 is 0. The molecule has 0 unspecified atom stereocenters. The van der Waals surface area contributed by atoms with Crippen LogP contribution in [0.4, 0.5) is 5.69 Å². The first kappa shape index (κ1) is 18.9. The summed E-state index contributed by atoms with van der Waals surface area (Å²) in [4.78, 5) is 12.7. The summed E-state index contributed by atoms with van der Waals surface area (Å²) in [6.45, 7) is 1.57. The van der Waals surface area contributed by atoms with E-state index in [1.807, 2.05) is 30.3 Å². The molecule has 4 aromatic rings. The van der Waals surface area contributed by atoms with Crippen molar-refractivity contribution in [3.05, 3.63) is 71.8 Å². The van der Waals surface area contributed by atoms with E-state index in [-0.39, 0.29) is 5.91 Å². The molecule has 31 heavy (non-hydrogen) atoms. The summed E-state index contributed by atoms with van der Waals surface area (Å²) in [5, 5.41) is 11.4. The first-order valence-corrected chi connectivity index (χ1v) is 9.87. The van der Waals surface area contributed by atoms with Crippen LogP contribution >= 0.6 is 0 Å². The normalized spacial score (nSPS) is 12.5. The van der Waals surface area contributed by atoms with Crippen LogP contribution in [-0.2, 0) is 6.54 Å². The van der Waals surface area contributed by atoms with Crippen molar-refractivity contribution >= 4 is 22.6 Å². The van der Waals surface area contributed by atoms with Crippen LogP contribution in [0.25, 0.3) is 11.0 Å². The Labute approximate surface area is 178 Å². The summed E-state index contributed by atoms with van der Waals surface area (Å²) < 4.78 is 18.2. The highest BCUT2D eigenvalue weighted by molar-refractivity contribution is 6.06. The number of rotatable bonds is 5. The summed E-state index contributed by atoms with van der Waals surface area (Å²) in [6, 6.07) is 18.5. The van der Waals surface area contributed by atoms with E-state index < -0.39 is 0 Å². The zero-order chi connectivity index (χ0) is 21.2. The average Bonchev–Trinajstić information content (AvgIpc) is 3.21. The predicted molar refractivity (Wildman–Crippen MR) is 115 cm³/mol. The predicted octanol–water partition coefficient (Wildman–Crippen LogP) is 3.51. The molecule has 0 fully saturated rings. The van der Waals surface area contributed by atoms with Crippen LogP contribution in [0.5, 0.6) is 17.2 Å². The van der Waals surface area contributed by atoms with Crippen molar-refractivity contribution in [2.45, 2.75) is 6.54 Å². The van der Waals surface area contributed by atoms with Crippen LogP contribution in [0.1, 0.15) is 15.9 Å². The van der Waals surface area contributed by atoms with Gasteiger partial charge < -0.3 is 19.5 Å². The Bertz CT molecular complexity index is 1270. The first-order valence-electron chi connectivity index (χ1n) is 9.87. The summed E-state index contributed by atoms with van der Waals surface area (Å²) in [7, 11) is 1.64. The van der Waals surface area contributed by atoms with E-state index in [1.54, 1.807) is 42.1 Å². The molecule has 3 aromatic carbocycles. The third-order valence-electron chi connectivity index (χ3n) is 5.04. The molecular weight excluding hydrogens is 396 g/mol. The number of carbonyl (C=O) groups excluding carboxylic acids is 1. The van der Waals surface area contributed by atoms with Crippen molar-refractivity contribution in [3.8, 4) is 17.2 Å². The Morgan fingerprint density at radius 2 is 1.94 bits per heavy atom. The fourth-order valence-electron chi connectivity index (χ4n) is 3.50. The number of carbonyl (C=O) groups is 1. The van der Waals surface area contributed by atoms with Crippen LogP contribution in [0.2, 0.25) is 0 Å². The first-order chi connectivity index (χ1) is 15.2. The highest BCUT2D eigenvalue weighted by Crippen LogP contribution is 2.32. The van der Waals surface area contributed by atoms with E-state index in [1.165, 1.54) is 0 Å². The maximum atomic E-state index is 12.7. The summed E-state index contributed by atoms with van der Waals surface area (Å²) in [6.07, 6.45) is 0. The van der Waals surface area contributed by atoms with Gasteiger partial charge in [-0.25, -0.2) is 4.68 Å². The third-order valence-corrected chi connectivity index (χ3v) is 5.04. The highest BCUT2D eigenvalue weighted by Gasteiger charge is 2.15. The lowest BCUT2D eigenvalue weighted by molar-refractivity contribution is 0.102. The van der Waals surface area contributed by atoms with Crippen LogP contribution in [0.3, 0.4) is 0 Å². The van der Waals surface area contributed by atoms with Gasteiger partial charge in [-0.1, -0.05) is 17.3 Å². The lowest BCUT2D eigenvalue weighted by Crippen LogP contribution is -2.16. The van der Waals surface area contributed by atoms with Gasteiger partial charge in [0.25, 0.3) is 5.91 Å². The number of anilines is 1. The van der Waals surface area contributed by atoms with E-state index in [0.717, 1.165) is 16.8 Å². The van der Waals surface area contributed by atoms with E-state index in [9.17, 15) is 4.79 Å². The topological polar surface area (TPSA) is 87.5 Å². The van der Waals surface area contributed by atoms with Gasteiger partial charge in [0.05, 0.1) is 19.2 Å². The molecule has 0 saturated carbocycles. The largest absolute Gasteiger partial charge is 0.497 e. The molecule has 0 spiro atoms. The molecule has 1 aliphatic rings. The van der Waals surface area contributed by atoms with Gasteiger partial charge in [0.15, 0.2) is 11.5 Å². The molecule has 156 valence electrons. The number of benzene rings is 3. The monoisotopic (exact) mass is 416 g/mol. The van der Waals surface area contributed by atoms with Gasteiger partial charge in [0, 0.05) is 17.3 Å². The third kappa shape index (κ3) is 3.87. The number of hydrogen-bond acceptors (Lipinski definition) is 6. The summed E-state index contributed by atoms with van der Waals surface area (Å²) in [5.41, 5.74) is 3.68. The zero-order valence-corrected chi connectivity index (χ0v) is 16.9. The lowest BCUT2D eigenvalue weighted by Gasteiger charge is -2.19. The fourth-order valence-corrected chi connectivity index (χ4v) is 3.50. The number of aromatic nitrogens is 3. The van der Waals surface area contributed by atoms with E-state index in [2.05, 4.69) is 15.6 Å². The van der Waals surface area contributed by atoms with Gasteiger partial charge in [-0.05, 0) is 48.0 Å². The Morgan fingerprint density at radius 3 is 2.81 bits per heavy atom. The second-order valence-corrected chi connectivity index (χ2v) is 7.11. The molecule has 0 bridgehead atoms. The van der Waals surface area contributed by atoms with Crippen LogP contribution in [0, 0.1) is 0 Å². The number of nitrogens with one attached hydrogen (secondary N) is 1. The minimum absolute atomic E-state index is 0.235. The Morgan fingerprint density at radius 1 is 1.06 bits per heavy atom. The zero-order valence-electron chi connectivity index (χ0n) is 16.9. The standard InChI is InChI=1S/C23H20N4O4/c1-29-18-4-2-3-15(11-18)14-27-20-7-5-16(12-19(20)25-26-27)23(28)24-17-6-8-21-22(13-17)31-10-9-30-21/h2-8,11-13H,9-10,14H2,1H3,(H,24,28). The Balaban J connectivity index is 1.34. The van der Waals surface area contributed by atoms with E-state index >= 15 is 0 Å².